The molecule has 2 rings (SSSR count). The topological polar surface area (TPSA) is 72.9 Å². The molecule has 1 atom stereocenters. The second-order valence-corrected chi connectivity index (χ2v) is 10.4. The van der Waals surface area contributed by atoms with Crippen LogP contribution in [-0.2, 0) is 21.5 Å². The molecule has 0 aromatic heterocycles. The summed E-state index contributed by atoms with van der Waals surface area (Å²) in [5, 5.41) is 0. The summed E-state index contributed by atoms with van der Waals surface area (Å²) in [4.78, 5) is 14.8. The average Bonchev–Trinajstić information content (AvgIpc) is 2.71. The van der Waals surface area contributed by atoms with Crippen molar-refractivity contribution in [1.29, 1.82) is 0 Å². The predicted octanol–water partition coefficient (Wildman–Crippen LogP) is 5.03. The van der Waals surface area contributed by atoms with Crippen molar-refractivity contribution in [2.24, 2.45) is 5.41 Å². The lowest BCUT2D eigenvalue weighted by atomic mass is 9.91. The van der Waals surface area contributed by atoms with Gasteiger partial charge in [0.05, 0.1) is 7.11 Å². The molecule has 0 aliphatic rings. The van der Waals surface area contributed by atoms with Gasteiger partial charge >= 0.3 is 10.1 Å². The van der Waals surface area contributed by atoms with E-state index in [0.717, 1.165) is 6.42 Å². The normalized spacial score (nSPS) is 12.8. The van der Waals surface area contributed by atoms with Crippen LogP contribution in [0.3, 0.4) is 0 Å². The van der Waals surface area contributed by atoms with Crippen molar-refractivity contribution in [2.45, 2.75) is 64.9 Å². The molecule has 6 nitrogen and oxygen atoms in total. The van der Waals surface area contributed by atoms with E-state index in [2.05, 4.69) is 0 Å². The lowest BCUT2D eigenvalue weighted by Crippen LogP contribution is -2.39. The van der Waals surface area contributed by atoms with Crippen LogP contribution in [-0.4, -0.2) is 32.4 Å². The summed E-state index contributed by atoms with van der Waals surface area (Å²) in [7, 11) is -2.52. The number of hydrogen-bond donors (Lipinski definition) is 0. The largest absolute Gasteiger partial charge is 0.497 e. The van der Waals surface area contributed by atoms with Gasteiger partial charge in [0.2, 0.25) is 5.91 Å². The number of benzene rings is 2. The quantitative estimate of drug-likeness (QED) is 0.504. The maximum absolute atomic E-state index is 13.0. The molecule has 1 amide bonds. The summed E-state index contributed by atoms with van der Waals surface area (Å²) in [6, 6.07) is 13.0. The highest BCUT2D eigenvalue weighted by Gasteiger charge is 2.26. The van der Waals surface area contributed by atoms with Crippen molar-refractivity contribution >= 4 is 16.0 Å². The van der Waals surface area contributed by atoms with E-state index in [1.807, 2.05) is 40.7 Å². The van der Waals surface area contributed by atoms with E-state index in [9.17, 15) is 13.2 Å². The van der Waals surface area contributed by atoms with Crippen molar-refractivity contribution in [1.82, 2.24) is 4.90 Å². The van der Waals surface area contributed by atoms with E-state index in [1.165, 1.54) is 19.2 Å². The lowest BCUT2D eigenvalue weighted by Gasteiger charge is -2.32. The number of rotatable bonds is 9. The first-order chi connectivity index (χ1) is 14.5. The highest BCUT2D eigenvalue weighted by atomic mass is 32.2. The van der Waals surface area contributed by atoms with Crippen molar-refractivity contribution < 1.29 is 22.1 Å². The van der Waals surface area contributed by atoms with Gasteiger partial charge in [-0.3, -0.25) is 4.79 Å². The summed E-state index contributed by atoms with van der Waals surface area (Å²) in [6.45, 7) is 10.4. The number of carbonyl (C=O) groups excluding carboxylic acids is 1. The zero-order valence-electron chi connectivity index (χ0n) is 19.2. The predicted molar refractivity (Wildman–Crippen MR) is 122 cm³/mol. The van der Waals surface area contributed by atoms with Gasteiger partial charge in [-0.05, 0) is 49.1 Å². The molecule has 0 spiro atoms. The molecule has 0 aliphatic carbocycles. The van der Waals surface area contributed by atoms with E-state index in [-0.39, 0.29) is 34.6 Å². The molecule has 0 saturated heterocycles. The Hall–Kier alpha value is -2.54. The number of para-hydroxylation sites is 1. The van der Waals surface area contributed by atoms with Crippen LogP contribution in [0.1, 0.15) is 53.0 Å². The smallest absolute Gasteiger partial charge is 0.339 e. The fourth-order valence-electron chi connectivity index (χ4n) is 3.07. The van der Waals surface area contributed by atoms with Crippen molar-refractivity contribution in [2.75, 3.05) is 7.11 Å². The molecule has 0 unspecified atom stereocenters. The third-order valence-corrected chi connectivity index (χ3v) is 6.23. The van der Waals surface area contributed by atoms with Crippen molar-refractivity contribution in [3.8, 4) is 11.5 Å². The van der Waals surface area contributed by atoms with Gasteiger partial charge in [0.25, 0.3) is 0 Å². The molecule has 7 heteroatoms. The third-order valence-electron chi connectivity index (χ3n) is 4.99. The Balaban J connectivity index is 2.31. The molecule has 0 fully saturated rings. The van der Waals surface area contributed by atoms with Gasteiger partial charge in [0.15, 0.2) is 0 Å². The van der Waals surface area contributed by atoms with Gasteiger partial charge in [-0.15, -0.1) is 0 Å². The Bertz CT molecular complexity index is 978. The van der Waals surface area contributed by atoms with E-state index in [0.29, 0.717) is 17.7 Å². The number of nitrogens with zero attached hydrogens (tertiary/aromatic N) is 1. The van der Waals surface area contributed by atoms with Gasteiger partial charge in [-0.2, -0.15) is 8.42 Å². The highest BCUT2D eigenvalue weighted by Crippen LogP contribution is 2.28. The van der Waals surface area contributed by atoms with Crippen LogP contribution in [0.25, 0.3) is 0 Å². The fourth-order valence-corrected chi connectivity index (χ4v) is 4.04. The summed E-state index contributed by atoms with van der Waals surface area (Å²) in [5.41, 5.74) is 0.499. The van der Waals surface area contributed by atoms with E-state index in [4.69, 9.17) is 8.92 Å². The second kappa shape index (κ2) is 10.2. The molecule has 0 heterocycles. The first-order valence-corrected chi connectivity index (χ1v) is 11.8. The molecule has 170 valence electrons. The molecule has 2 aromatic carbocycles. The summed E-state index contributed by atoms with van der Waals surface area (Å²) in [6.07, 6.45) is 1.20. The molecule has 2 aromatic rings. The Labute approximate surface area is 186 Å². The Morgan fingerprint density at radius 2 is 1.68 bits per heavy atom. The van der Waals surface area contributed by atoms with Crippen LogP contribution < -0.4 is 8.92 Å². The number of ether oxygens (including phenoxy) is 1. The Morgan fingerprint density at radius 3 is 2.23 bits per heavy atom. The SMILES string of the molecule is CC[C@@H](C)N(Cc1ccccc1OS(=O)(=O)c1ccc(OC)cc1)C(=O)CC(C)(C)C. The average molecular weight is 448 g/mol. The van der Waals surface area contributed by atoms with Crippen LogP contribution in [0.2, 0.25) is 0 Å². The van der Waals surface area contributed by atoms with Gasteiger partial charge in [0.1, 0.15) is 16.4 Å². The lowest BCUT2D eigenvalue weighted by molar-refractivity contribution is -0.135. The van der Waals surface area contributed by atoms with Crippen LogP contribution in [0.5, 0.6) is 11.5 Å². The Kier molecular flexibility index (Phi) is 8.12. The monoisotopic (exact) mass is 447 g/mol. The summed E-state index contributed by atoms with van der Waals surface area (Å²) in [5.74, 6) is 0.811. The highest BCUT2D eigenvalue weighted by molar-refractivity contribution is 7.87. The van der Waals surface area contributed by atoms with Gasteiger partial charge in [-0.1, -0.05) is 45.9 Å². The van der Waals surface area contributed by atoms with Crippen molar-refractivity contribution in [3.63, 3.8) is 0 Å². The van der Waals surface area contributed by atoms with E-state index >= 15 is 0 Å². The summed E-state index contributed by atoms with van der Waals surface area (Å²) >= 11 is 0. The van der Waals surface area contributed by atoms with Crippen LogP contribution in [0, 0.1) is 5.41 Å². The van der Waals surface area contributed by atoms with Crippen LogP contribution >= 0.6 is 0 Å². The molecule has 0 aliphatic heterocycles. The Morgan fingerprint density at radius 1 is 1.06 bits per heavy atom. The summed E-state index contributed by atoms with van der Waals surface area (Å²) < 4.78 is 36.2. The number of methoxy groups -OCH3 is 1. The molecular formula is C24H33NO5S. The zero-order valence-corrected chi connectivity index (χ0v) is 20.0. The minimum atomic E-state index is -4.03. The first kappa shape index (κ1) is 24.7. The van der Waals surface area contributed by atoms with Crippen LogP contribution in [0.15, 0.2) is 53.4 Å². The maximum atomic E-state index is 13.0. The first-order valence-electron chi connectivity index (χ1n) is 10.4. The fraction of sp³-hybridized carbons (Fsp3) is 0.458. The van der Waals surface area contributed by atoms with Crippen molar-refractivity contribution in [3.05, 3.63) is 54.1 Å². The van der Waals surface area contributed by atoms with Crippen LogP contribution in [0.4, 0.5) is 0 Å². The van der Waals surface area contributed by atoms with Gasteiger partial charge < -0.3 is 13.8 Å². The third kappa shape index (κ3) is 6.99. The zero-order chi connectivity index (χ0) is 23.2. The second-order valence-electron chi connectivity index (χ2n) is 8.84. The number of amides is 1. The van der Waals surface area contributed by atoms with Gasteiger partial charge in [0, 0.05) is 24.6 Å². The number of hydrogen-bond acceptors (Lipinski definition) is 5. The molecule has 0 saturated carbocycles. The van der Waals surface area contributed by atoms with E-state index < -0.39 is 10.1 Å². The maximum Gasteiger partial charge on any atom is 0.339 e. The molecular weight excluding hydrogens is 414 g/mol. The minimum Gasteiger partial charge on any atom is -0.497 e. The van der Waals surface area contributed by atoms with E-state index in [1.54, 1.807) is 35.2 Å². The number of carbonyl (C=O) groups is 1. The molecule has 0 N–H and O–H groups in total. The molecule has 0 bridgehead atoms. The van der Waals surface area contributed by atoms with Gasteiger partial charge in [-0.25, -0.2) is 0 Å². The molecule has 31 heavy (non-hydrogen) atoms. The molecule has 0 radical (unpaired) electrons. The standard InChI is InChI=1S/C24H33NO5S/c1-7-18(2)25(23(26)16-24(3,4)5)17-19-10-8-9-11-22(19)30-31(27,28)21-14-12-20(29-6)13-15-21/h8-15,18H,7,16-17H2,1-6H3/t18-/m1/s1. The minimum absolute atomic E-state index is 0.0149.